The minimum atomic E-state index is -3.40. The Morgan fingerprint density at radius 3 is 2.29 bits per heavy atom. The number of amides is 2. The fourth-order valence-corrected chi connectivity index (χ4v) is 2.63. The van der Waals surface area contributed by atoms with Crippen molar-refractivity contribution < 1.29 is 13.2 Å². The van der Waals surface area contributed by atoms with Gasteiger partial charge in [0.1, 0.15) is 0 Å². The van der Waals surface area contributed by atoms with Gasteiger partial charge in [0.05, 0.1) is 4.90 Å². The molecule has 1 rings (SSSR count). The monoisotopic (exact) mass is 314 g/mol. The lowest BCUT2D eigenvalue weighted by molar-refractivity contribution is 0.249. The molecule has 1 aromatic rings. The van der Waals surface area contributed by atoms with E-state index >= 15 is 0 Å². The molecule has 0 aliphatic carbocycles. The molecule has 0 heterocycles. The Morgan fingerprint density at radius 1 is 1.24 bits per heavy atom. The van der Waals surface area contributed by atoms with Crippen LogP contribution in [0.1, 0.15) is 18.5 Å². The number of hydrogen-bond acceptors (Lipinski definition) is 4. The van der Waals surface area contributed by atoms with E-state index in [0.29, 0.717) is 13.1 Å². The van der Waals surface area contributed by atoms with E-state index in [1.54, 1.807) is 24.3 Å². The van der Waals surface area contributed by atoms with Gasteiger partial charge >= 0.3 is 6.03 Å². The van der Waals surface area contributed by atoms with Crippen molar-refractivity contribution in [3.8, 4) is 0 Å². The van der Waals surface area contributed by atoms with Gasteiger partial charge in [0.15, 0.2) is 0 Å². The quantitative estimate of drug-likeness (QED) is 0.628. The molecule has 0 aliphatic heterocycles. The van der Waals surface area contributed by atoms with Gasteiger partial charge in [-0.1, -0.05) is 12.1 Å². The van der Waals surface area contributed by atoms with Gasteiger partial charge in [0.25, 0.3) is 0 Å². The van der Waals surface area contributed by atoms with Gasteiger partial charge < -0.3 is 16.4 Å². The average molecular weight is 314 g/mol. The standard InChI is InChI=1S/C13H22N4O3S/c1-10(15-8-9-16-13(14)18)11-4-6-12(7-5-11)21(19,20)17(2)3/h4-7,10,15H,8-9H2,1-3H3,(H3,14,16,18). The Balaban J connectivity index is 2.63. The summed E-state index contributed by atoms with van der Waals surface area (Å²) in [5, 5.41) is 5.69. The van der Waals surface area contributed by atoms with Gasteiger partial charge in [-0.15, -0.1) is 0 Å². The minimum Gasteiger partial charge on any atom is -0.352 e. The molecule has 0 saturated heterocycles. The van der Waals surface area contributed by atoms with Crippen LogP contribution in [0, 0.1) is 0 Å². The lowest BCUT2D eigenvalue weighted by Gasteiger charge is -2.16. The smallest absolute Gasteiger partial charge is 0.312 e. The molecular formula is C13H22N4O3S. The first-order valence-corrected chi connectivity index (χ1v) is 7.98. The summed E-state index contributed by atoms with van der Waals surface area (Å²) in [5.41, 5.74) is 5.93. The Hall–Kier alpha value is -1.64. The Morgan fingerprint density at radius 2 is 1.81 bits per heavy atom. The van der Waals surface area contributed by atoms with Crippen molar-refractivity contribution >= 4 is 16.1 Å². The highest BCUT2D eigenvalue weighted by molar-refractivity contribution is 7.89. The van der Waals surface area contributed by atoms with Crippen LogP contribution >= 0.6 is 0 Å². The van der Waals surface area contributed by atoms with Gasteiger partial charge in [-0.2, -0.15) is 0 Å². The molecule has 2 amide bonds. The molecule has 0 saturated carbocycles. The Bertz CT molecular complexity index is 570. The van der Waals surface area contributed by atoms with E-state index in [1.165, 1.54) is 18.4 Å². The van der Waals surface area contributed by atoms with Crippen molar-refractivity contribution in [1.82, 2.24) is 14.9 Å². The van der Waals surface area contributed by atoms with Crippen molar-refractivity contribution in [1.29, 1.82) is 0 Å². The summed E-state index contributed by atoms with van der Waals surface area (Å²) in [5.74, 6) is 0. The third-order valence-electron chi connectivity index (χ3n) is 3.03. The molecule has 1 unspecified atom stereocenters. The third kappa shape index (κ3) is 5.00. The van der Waals surface area contributed by atoms with Gasteiger partial charge in [-0.3, -0.25) is 0 Å². The van der Waals surface area contributed by atoms with Crippen LogP contribution in [0.5, 0.6) is 0 Å². The molecule has 0 radical (unpaired) electrons. The van der Waals surface area contributed by atoms with E-state index < -0.39 is 16.1 Å². The number of primary amides is 1. The molecule has 21 heavy (non-hydrogen) atoms. The van der Waals surface area contributed by atoms with Crippen LogP contribution in [-0.4, -0.2) is 45.9 Å². The largest absolute Gasteiger partial charge is 0.352 e. The lowest BCUT2D eigenvalue weighted by Crippen LogP contribution is -2.36. The van der Waals surface area contributed by atoms with Gasteiger partial charge in [0, 0.05) is 33.2 Å². The van der Waals surface area contributed by atoms with Crippen LogP contribution in [0.15, 0.2) is 29.2 Å². The van der Waals surface area contributed by atoms with E-state index in [1.807, 2.05) is 6.92 Å². The molecule has 0 spiro atoms. The number of urea groups is 1. The second-order valence-corrected chi connectivity index (χ2v) is 6.98. The number of carbonyl (C=O) groups excluding carboxylic acids is 1. The highest BCUT2D eigenvalue weighted by atomic mass is 32.2. The number of carbonyl (C=O) groups is 1. The van der Waals surface area contributed by atoms with Crippen molar-refractivity contribution in [3.63, 3.8) is 0 Å². The second kappa shape index (κ2) is 7.39. The fraction of sp³-hybridized carbons (Fsp3) is 0.462. The topological polar surface area (TPSA) is 105 Å². The summed E-state index contributed by atoms with van der Waals surface area (Å²) in [6, 6.07) is 6.21. The normalized spacial score (nSPS) is 13.1. The molecular weight excluding hydrogens is 292 g/mol. The molecule has 0 aliphatic rings. The fourth-order valence-electron chi connectivity index (χ4n) is 1.73. The number of hydrogen-bond donors (Lipinski definition) is 3. The maximum absolute atomic E-state index is 11.9. The zero-order valence-corrected chi connectivity index (χ0v) is 13.3. The van der Waals surface area contributed by atoms with Crippen LogP contribution in [0.4, 0.5) is 4.79 Å². The highest BCUT2D eigenvalue weighted by Crippen LogP contribution is 2.17. The highest BCUT2D eigenvalue weighted by Gasteiger charge is 2.17. The van der Waals surface area contributed by atoms with E-state index in [9.17, 15) is 13.2 Å². The predicted octanol–water partition coefficient (Wildman–Crippen LogP) is 0.256. The lowest BCUT2D eigenvalue weighted by atomic mass is 10.1. The van der Waals surface area contributed by atoms with Gasteiger partial charge in [-0.05, 0) is 24.6 Å². The Kier molecular flexibility index (Phi) is 6.13. The van der Waals surface area contributed by atoms with Crippen molar-refractivity contribution in [2.75, 3.05) is 27.2 Å². The van der Waals surface area contributed by atoms with Crippen LogP contribution in [0.2, 0.25) is 0 Å². The maximum atomic E-state index is 11.9. The number of nitrogens with zero attached hydrogens (tertiary/aromatic N) is 1. The summed E-state index contributed by atoms with van der Waals surface area (Å²) >= 11 is 0. The van der Waals surface area contributed by atoms with E-state index in [2.05, 4.69) is 10.6 Å². The zero-order valence-electron chi connectivity index (χ0n) is 12.5. The summed E-state index contributed by atoms with van der Waals surface area (Å²) in [6.07, 6.45) is 0. The number of nitrogens with one attached hydrogen (secondary N) is 2. The summed E-state index contributed by atoms with van der Waals surface area (Å²) in [7, 11) is -0.400. The van der Waals surface area contributed by atoms with Gasteiger partial charge in [0.2, 0.25) is 10.0 Å². The first-order valence-electron chi connectivity index (χ1n) is 6.54. The van der Waals surface area contributed by atoms with E-state index in [-0.39, 0.29) is 10.9 Å². The van der Waals surface area contributed by atoms with Crippen molar-refractivity contribution in [2.45, 2.75) is 17.9 Å². The molecule has 0 aromatic heterocycles. The molecule has 0 fully saturated rings. The van der Waals surface area contributed by atoms with E-state index in [0.717, 1.165) is 5.56 Å². The maximum Gasteiger partial charge on any atom is 0.312 e. The molecule has 118 valence electrons. The summed E-state index contributed by atoms with van der Waals surface area (Å²) in [4.78, 5) is 10.8. The predicted molar refractivity (Wildman–Crippen MR) is 81.3 cm³/mol. The average Bonchev–Trinajstić information content (AvgIpc) is 2.43. The summed E-state index contributed by atoms with van der Waals surface area (Å²) in [6.45, 7) is 2.97. The third-order valence-corrected chi connectivity index (χ3v) is 4.86. The molecule has 7 nitrogen and oxygen atoms in total. The number of benzene rings is 1. The van der Waals surface area contributed by atoms with Crippen LogP contribution < -0.4 is 16.4 Å². The number of rotatable bonds is 7. The van der Waals surface area contributed by atoms with Crippen molar-refractivity contribution in [2.24, 2.45) is 5.73 Å². The first-order chi connectivity index (χ1) is 9.75. The SMILES string of the molecule is CC(NCCNC(N)=O)c1ccc(S(=O)(=O)N(C)C)cc1. The number of sulfonamides is 1. The van der Waals surface area contributed by atoms with Gasteiger partial charge in [-0.25, -0.2) is 17.5 Å². The second-order valence-electron chi connectivity index (χ2n) is 4.82. The molecule has 4 N–H and O–H groups in total. The van der Waals surface area contributed by atoms with Crippen LogP contribution in [-0.2, 0) is 10.0 Å². The summed E-state index contributed by atoms with van der Waals surface area (Å²) < 4.78 is 25.1. The molecule has 1 aromatic carbocycles. The molecule has 0 bridgehead atoms. The minimum absolute atomic E-state index is 0.0378. The van der Waals surface area contributed by atoms with Crippen LogP contribution in [0.25, 0.3) is 0 Å². The number of nitrogens with two attached hydrogens (primary N) is 1. The molecule has 1 atom stereocenters. The van der Waals surface area contributed by atoms with E-state index in [4.69, 9.17) is 5.73 Å². The first kappa shape index (κ1) is 17.4. The van der Waals surface area contributed by atoms with Crippen molar-refractivity contribution in [3.05, 3.63) is 29.8 Å². The molecule has 8 heteroatoms. The Labute approximate surface area is 125 Å². The van der Waals surface area contributed by atoms with Crippen LogP contribution in [0.3, 0.4) is 0 Å². The zero-order chi connectivity index (χ0) is 16.0.